The minimum absolute atomic E-state index is 0.0258. The van der Waals surface area contributed by atoms with Crippen molar-refractivity contribution in [1.29, 1.82) is 0 Å². The van der Waals surface area contributed by atoms with Gasteiger partial charge in [0.05, 0.1) is 6.61 Å². The van der Waals surface area contributed by atoms with Gasteiger partial charge in [0.2, 0.25) is 5.91 Å². The molecule has 0 saturated carbocycles. The smallest absolute Gasteiger partial charge is 0.303 e. The van der Waals surface area contributed by atoms with Crippen LogP contribution in [0.5, 0.6) is 0 Å². The molecule has 0 aromatic carbocycles. The van der Waals surface area contributed by atoms with Crippen molar-refractivity contribution in [2.24, 2.45) is 11.8 Å². The first kappa shape index (κ1) is 16.9. The van der Waals surface area contributed by atoms with E-state index in [2.05, 4.69) is 10.2 Å². The zero-order valence-electron chi connectivity index (χ0n) is 12.3. The van der Waals surface area contributed by atoms with Gasteiger partial charge in [0.25, 0.3) is 0 Å². The molecule has 0 bridgehead atoms. The number of carboxylic acids is 1. The number of carboxylic acid groups (broad SMARTS) is 1. The number of hydrogen-bond donors (Lipinski definition) is 3. The van der Waals surface area contributed by atoms with E-state index in [1.54, 1.807) is 0 Å². The van der Waals surface area contributed by atoms with Crippen LogP contribution in [-0.4, -0.2) is 59.3 Å². The fourth-order valence-electron chi connectivity index (χ4n) is 2.64. The number of amides is 1. The van der Waals surface area contributed by atoms with Gasteiger partial charge in [-0.1, -0.05) is 13.8 Å². The first-order chi connectivity index (χ1) is 9.42. The normalized spacial score (nSPS) is 23.8. The van der Waals surface area contributed by atoms with Crippen LogP contribution in [0.15, 0.2) is 0 Å². The molecule has 6 heteroatoms. The average molecular weight is 286 g/mol. The number of carbonyl (C=O) groups excluding carboxylic acids is 1. The molecule has 116 valence electrons. The van der Waals surface area contributed by atoms with E-state index in [0.717, 1.165) is 19.5 Å². The Morgan fingerprint density at radius 1 is 1.35 bits per heavy atom. The largest absolute Gasteiger partial charge is 0.481 e. The SMILES string of the molecule is CC(C)C(=O)NC1CC(CCC(=O)O)CN(CCO)C1. The van der Waals surface area contributed by atoms with Crippen molar-refractivity contribution in [1.82, 2.24) is 10.2 Å². The highest BCUT2D eigenvalue weighted by Gasteiger charge is 2.28. The molecule has 1 heterocycles. The van der Waals surface area contributed by atoms with Gasteiger partial charge in [-0.2, -0.15) is 0 Å². The van der Waals surface area contributed by atoms with Gasteiger partial charge < -0.3 is 15.5 Å². The minimum atomic E-state index is -0.785. The Morgan fingerprint density at radius 2 is 2.05 bits per heavy atom. The lowest BCUT2D eigenvalue weighted by Crippen LogP contribution is -2.52. The van der Waals surface area contributed by atoms with E-state index in [1.807, 2.05) is 13.8 Å². The van der Waals surface area contributed by atoms with Crippen LogP contribution in [0.2, 0.25) is 0 Å². The van der Waals surface area contributed by atoms with Crippen molar-refractivity contribution in [2.75, 3.05) is 26.2 Å². The summed E-state index contributed by atoms with van der Waals surface area (Å²) >= 11 is 0. The molecule has 1 rings (SSSR count). The highest BCUT2D eigenvalue weighted by atomic mass is 16.4. The van der Waals surface area contributed by atoms with E-state index >= 15 is 0 Å². The molecule has 1 amide bonds. The third-order valence-corrected chi connectivity index (χ3v) is 3.67. The lowest BCUT2D eigenvalue weighted by atomic mass is 9.90. The Bertz CT molecular complexity index is 333. The lowest BCUT2D eigenvalue weighted by molar-refractivity contribution is -0.137. The van der Waals surface area contributed by atoms with Gasteiger partial charge in [0, 0.05) is 38.0 Å². The van der Waals surface area contributed by atoms with Crippen LogP contribution >= 0.6 is 0 Å². The number of aliphatic hydroxyl groups excluding tert-OH is 1. The number of likely N-dealkylation sites (tertiary alicyclic amines) is 1. The van der Waals surface area contributed by atoms with E-state index in [0.29, 0.717) is 13.0 Å². The molecule has 0 radical (unpaired) electrons. The molecule has 6 nitrogen and oxygen atoms in total. The van der Waals surface area contributed by atoms with Crippen LogP contribution in [0.4, 0.5) is 0 Å². The van der Waals surface area contributed by atoms with Gasteiger partial charge >= 0.3 is 5.97 Å². The number of nitrogens with zero attached hydrogens (tertiary/aromatic N) is 1. The van der Waals surface area contributed by atoms with Crippen molar-refractivity contribution >= 4 is 11.9 Å². The van der Waals surface area contributed by atoms with Crippen molar-refractivity contribution < 1.29 is 19.8 Å². The van der Waals surface area contributed by atoms with Crippen LogP contribution in [-0.2, 0) is 9.59 Å². The predicted molar refractivity (Wildman–Crippen MR) is 75.3 cm³/mol. The number of aliphatic carboxylic acids is 1. The van der Waals surface area contributed by atoms with Crippen LogP contribution in [0.3, 0.4) is 0 Å². The molecular formula is C14H26N2O4. The number of piperidine rings is 1. The standard InChI is InChI=1S/C14H26N2O4/c1-10(2)14(20)15-12-7-11(3-4-13(18)19)8-16(9-12)5-6-17/h10-12,17H,3-9H2,1-2H3,(H,15,20)(H,18,19). The van der Waals surface area contributed by atoms with Gasteiger partial charge in [-0.3, -0.25) is 14.5 Å². The van der Waals surface area contributed by atoms with Crippen molar-refractivity contribution in [3.05, 3.63) is 0 Å². The molecule has 1 fully saturated rings. The molecule has 0 aromatic rings. The fourth-order valence-corrected chi connectivity index (χ4v) is 2.64. The summed E-state index contributed by atoms with van der Waals surface area (Å²) in [5.41, 5.74) is 0. The average Bonchev–Trinajstić information content (AvgIpc) is 2.36. The summed E-state index contributed by atoms with van der Waals surface area (Å²) in [7, 11) is 0. The van der Waals surface area contributed by atoms with E-state index in [-0.39, 0.29) is 36.8 Å². The zero-order valence-corrected chi connectivity index (χ0v) is 12.3. The maximum Gasteiger partial charge on any atom is 0.303 e. The molecule has 20 heavy (non-hydrogen) atoms. The third-order valence-electron chi connectivity index (χ3n) is 3.67. The van der Waals surface area contributed by atoms with E-state index in [9.17, 15) is 9.59 Å². The molecule has 3 N–H and O–H groups in total. The molecule has 0 aromatic heterocycles. The lowest BCUT2D eigenvalue weighted by Gasteiger charge is -2.38. The summed E-state index contributed by atoms with van der Waals surface area (Å²) in [6.07, 6.45) is 1.58. The molecular weight excluding hydrogens is 260 g/mol. The summed E-state index contributed by atoms with van der Waals surface area (Å²) in [4.78, 5) is 24.5. The van der Waals surface area contributed by atoms with Crippen LogP contribution in [0.25, 0.3) is 0 Å². The molecule has 2 atom stereocenters. The first-order valence-electron chi connectivity index (χ1n) is 7.27. The Morgan fingerprint density at radius 3 is 2.60 bits per heavy atom. The summed E-state index contributed by atoms with van der Waals surface area (Å²) in [6.45, 7) is 5.87. The Hall–Kier alpha value is -1.14. The van der Waals surface area contributed by atoms with Crippen LogP contribution in [0, 0.1) is 11.8 Å². The maximum absolute atomic E-state index is 11.8. The zero-order chi connectivity index (χ0) is 15.1. The topological polar surface area (TPSA) is 89.9 Å². The molecule has 0 spiro atoms. The highest BCUT2D eigenvalue weighted by molar-refractivity contribution is 5.78. The quantitative estimate of drug-likeness (QED) is 0.626. The summed E-state index contributed by atoms with van der Waals surface area (Å²) in [6, 6.07) is 0.0454. The monoisotopic (exact) mass is 286 g/mol. The molecule has 1 aliphatic heterocycles. The molecule has 2 unspecified atom stereocenters. The van der Waals surface area contributed by atoms with Crippen molar-refractivity contribution in [3.8, 4) is 0 Å². The highest BCUT2D eigenvalue weighted by Crippen LogP contribution is 2.21. The Balaban J connectivity index is 2.55. The molecule has 1 saturated heterocycles. The number of rotatable bonds is 7. The van der Waals surface area contributed by atoms with Crippen molar-refractivity contribution in [2.45, 2.75) is 39.2 Å². The van der Waals surface area contributed by atoms with Gasteiger partial charge in [-0.25, -0.2) is 0 Å². The second-order valence-corrected chi connectivity index (χ2v) is 5.88. The summed E-state index contributed by atoms with van der Waals surface area (Å²) in [5.74, 6) is -0.561. The van der Waals surface area contributed by atoms with Gasteiger partial charge in [-0.05, 0) is 18.8 Å². The molecule has 1 aliphatic rings. The van der Waals surface area contributed by atoms with Gasteiger partial charge in [0.15, 0.2) is 0 Å². The van der Waals surface area contributed by atoms with E-state index in [1.165, 1.54) is 0 Å². The second kappa shape index (κ2) is 8.21. The Kier molecular flexibility index (Phi) is 6.95. The molecule has 0 aliphatic carbocycles. The van der Waals surface area contributed by atoms with Gasteiger partial charge in [-0.15, -0.1) is 0 Å². The van der Waals surface area contributed by atoms with Gasteiger partial charge in [0.1, 0.15) is 0 Å². The van der Waals surface area contributed by atoms with E-state index in [4.69, 9.17) is 10.2 Å². The second-order valence-electron chi connectivity index (χ2n) is 5.88. The summed E-state index contributed by atoms with van der Waals surface area (Å²) in [5, 5.41) is 20.8. The van der Waals surface area contributed by atoms with Crippen molar-refractivity contribution in [3.63, 3.8) is 0 Å². The summed E-state index contributed by atoms with van der Waals surface area (Å²) < 4.78 is 0. The fraction of sp³-hybridized carbons (Fsp3) is 0.857. The number of nitrogens with one attached hydrogen (secondary N) is 1. The first-order valence-corrected chi connectivity index (χ1v) is 7.27. The van der Waals surface area contributed by atoms with Crippen LogP contribution in [0.1, 0.15) is 33.1 Å². The van der Waals surface area contributed by atoms with Crippen LogP contribution < -0.4 is 5.32 Å². The number of hydrogen-bond acceptors (Lipinski definition) is 4. The Labute approximate surface area is 120 Å². The third kappa shape index (κ3) is 5.88. The number of aliphatic hydroxyl groups is 1. The number of carbonyl (C=O) groups is 2. The maximum atomic E-state index is 11.8. The van der Waals surface area contributed by atoms with E-state index < -0.39 is 5.97 Å². The predicted octanol–water partition coefficient (Wildman–Crippen LogP) is 0.306. The minimum Gasteiger partial charge on any atom is -0.481 e. The number of β-amino-alcohol motifs (C(OH)–C–C–N with tert-alkyl or cyclic N) is 1.